The standard InChI is InChI=1S/C13H27O3Si.3CH3.Sn/c1-9(10(2)14)12(15)11(3)16-17(7,8)13(4,5)6;;;;/h9,11-12,15H,1H2,2-8H3;3*1H3;/t9-,11-,12+;;;;/m0..../s1. The zero-order valence-corrected chi connectivity index (χ0v) is 19.6. The third-order valence-corrected chi connectivity index (χ3v) is 13.9. The van der Waals surface area contributed by atoms with Crippen molar-refractivity contribution in [2.75, 3.05) is 0 Å². The number of hydrogen-bond donors (Lipinski definition) is 1. The maximum absolute atomic E-state index is 12.0. The van der Waals surface area contributed by atoms with Crippen LogP contribution in [0, 0.1) is 5.92 Å². The molecule has 0 rings (SSSR count). The van der Waals surface area contributed by atoms with Crippen LogP contribution in [0.25, 0.3) is 0 Å². The van der Waals surface area contributed by atoms with Gasteiger partial charge >= 0.3 is 137 Å². The van der Waals surface area contributed by atoms with Gasteiger partial charge in [-0.15, -0.1) is 0 Å². The number of ketones is 1. The predicted molar refractivity (Wildman–Crippen MR) is 96.1 cm³/mol. The van der Waals surface area contributed by atoms with Crippen LogP contribution in [0.2, 0.25) is 37.4 Å². The minimum absolute atomic E-state index is 0.0970. The van der Waals surface area contributed by atoms with Gasteiger partial charge in [-0.3, -0.25) is 0 Å². The molecule has 5 heteroatoms. The Labute approximate surface area is 136 Å². The van der Waals surface area contributed by atoms with Gasteiger partial charge in [0.25, 0.3) is 0 Å². The summed E-state index contributed by atoms with van der Waals surface area (Å²) in [6.07, 6.45) is -0.971. The van der Waals surface area contributed by atoms with Crippen LogP contribution in [0.15, 0.2) is 0 Å². The minimum atomic E-state index is -2.14. The van der Waals surface area contributed by atoms with Gasteiger partial charge in [0.2, 0.25) is 0 Å². The van der Waals surface area contributed by atoms with E-state index in [1.165, 1.54) is 0 Å². The average molecular weight is 423 g/mol. The Morgan fingerprint density at radius 1 is 1.24 bits per heavy atom. The van der Waals surface area contributed by atoms with Gasteiger partial charge in [0.05, 0.1) is 0 Å². The van der Waals surface area contributed by atoms with Crippen LogP contribution in [-0.4, -0.2) is 49.8 Å². The molecule has 0 saturated carbocycles. The summed E-state index contributed by atoms with van der Waals surface area (Å²) in [5.74, 6) is -0.166. The number of hydrogen-bond acceptors (Lipinski definition) is 3. The molecule has 0 unspecified atom stereocenters. The van der Waals surface area contributed by atoms with E-state index in [9.17, 15) is 9.90 Å². The van der Waals surface area contributed by atoms with E-state index in [0.29, 0.717) is 0 Å². The summed E-state index contributed by atoms with van der Waals surface area (Å²) in [7, 11) is -1.92. The van der Waals surface area contributed by atoms with Crippen molar-refractivity contribution in [3.05, 3.63) is 0 Å². The van der Waals surface area contributed by atoms with Crippen molar-refractivity contribution < 1.29 is 14.3 Å². The summed E-state index contributed by atoms with van der Waals surface area (Å²) in [5, 5.41) is 10.8. The molecule has 0 aliphatic heterocycles. The fourth-order valence-corrected chi connectivity index (χ4v) is 8.90. The van der Waals surface area contributed by atoms with Crippen LogP contribution in [0.5, 0.6) is 0 Å². The van der Waals surface area contributed by atoms with Crippen LogP contribution in [0.1, 0.15) is 34.6 Å². The van der Waals surface area contributed by atoms with Gasteiger partial charge in [-0.2, -0.15) is 0 Å². The molecule has 21 heavy (non-hydrogen) atoms. The van der Waals surface area contributed by atoms with Crippen molar-refractivity contribution in [2.24, 2.45) is 5.92 Å². The monoisotopic (exact) mass is 424 g/mol. The second-order valence-electron chi connectivity index (χ2n) is 9.06. The number of rotatable bonds is 7. The summed E-state index contributed by atoms with van der Waals surface area (Å²) in [6.45, 7) is 14.4. The Morgan fingerprint density at radius 3 is 1.95 bits per heavy atom. The molecule has 0 bridgehead atoms. The summed E-state index contributed by atoms with van der Waals surface area (Å²) in [6, 6.07) is 0. The topological polar surface area (TPSA) is 46.5 Å². The third-order valence-electron chi connectivity index (χ3n) is 4.53. The Bertz CT molecular complexity index is 356. The first-order valence-corrected chi connectivity index (χ1v) is 21.4. The van der Waals surface area contributed by atoms with E-state index >= 15 is 0 Å². The van der Waals surface area contributed by atoms with Gasteiger partial charge < -0.3 is 0 Å². The van der Waals surface area contributed by atoms with Crippen LogP contribution in [0.4, 0.5) is 0 Å². The Hall–Kier alpha value is 0.606. The Balaban J connectivity index is 5.03. The molecule has 1 N–H and O–H groups in total. The molecule has 0 aromatic carbocycles. The first-order chi connectivity index (χ1) is 9.08. The molecule has 0 aromatic heterocycles. The van der Waals surface area contributed by atoms with Crippen molar-refractivity contribution in [1.82, 2.24) is 0 Å². The number of carbonyl (C=O) groups excluding carboxylic acids is 1. The first-order valence-electron chi connectivity index (χ1n) is 7.95. The molecule has 0 heterocycles. The molecular formula is C16H36O3SiSn. The quantitative estimate of drug-likeness (QED) is 0.622. The van der Waals surface area contributed by atoms with Crippen molar-refractivity contribution in [3.63, 3.8) is 0 Å². The number of aliphatic hydroxyl groups is 1. The van der Waals surface area contributed by atoms with E-state index in [0.717, 1.165) is 4.44 Å². The third kappa shape index (κ3) is 7.14. The molecule has 0 amide bonds. The maximum atomic E-state index is 12.0. The fraction of sp³-hybridized carbons (Fsp3) is 0.938. The van der Waals surface area contributed by atoms with Crippen molar-refractivity contribution in [1.29, 1.82) is 0 Å². The summed E-state index contributed by atoms with van der Waals surface area (Å²) < 4.78 is 7.15. The average Bonchev–Trinajstić information content (AvgIpc) is 2.21. The van der Waals surface area contributed by atoms with Crippen LogP contribution in [-0.2, 0) is 9.22 Å². The van der Waals surface area contributed by atoms with Gasteiger partial charge in [0.15, 0.2) is 0 Å². The summed E-state index contributed by atoms with van der Waals surface area (Å²) in [5.41, 5.74) is 0. The molecule has 0 aliphatic carbocycles. The van der Waals surface area contributed by atoms with Gasteiger partial charge in [0.1, 0.15) is 0 Å². The van der Waals surface area contributed by atoms with Gasteiger partial charge in [0, 0.05) is 0 Å². The van der Waals surface area contributed by atoms with Crippen molar-refractivity contribution in [2.45, 2.75) is 84.2 Å². The van der Waals surface area contributed by atoms with E-state index < -0.39 is 32.8 Å². The normalized spacial score (nSPS) is 18.2. The zero-order valence-electron chi connectivity index (χ0n) is 15.7. The van der Waals surface area contributed by atoms with Crippen LogP contribution in [0.3, 0.4) is 0 Å². The molecule has 0 spiro atoms. The molecule has 0 radical (unpaired) electrons. The molecule has 3 atom stereocenters. The van der Waals surface area contributed by atoms with Crippen molar-refractivity contribution in [3.8, 4) is 0 Å². The SMILES string of the molecule is CC(=O)[C@H]([CH2][Sn]([CH3])([CH3])[CH3])[C@@H](O)[C@H](C)O[Si](C)(C)C(C)(C)C. The van der Waals surface area contributed by atoms with Crippen LogP contribution < -0.4 is 0 Å². The molecule has 0 saturated heterocycles. The molecular weight excluding hydrogens is 387 g/mol. The van der Waals surface area contributed by atoms with E-state index in [1.807, 2.05) is 6.92 Å². The fourth-order valence-electron chi connectivity index (χ4n) is 2.20. The van der Waals surface area contributed by atoms with Crippen molar-refractivity contribution >= 4 is 32.5 Å². The molecule has 0 aromatic rings. The van der Waals surface area contributed by atoms with E-state index in [2.05, 4.69) is 48.7 Å². The van der Waals surface area contributed by atoms with Gasteiger partial charge in [-0.1, -0.05) is 0 Å². The van der Waals surface area contributed by atoms with Gasteiger partial charge in [-0.25, -0.2) is 0 Å². The zero-order chi connectivity index (χ0) is 17.2. The van der Waals surface area contributed by atoms with E-state index in [4.69, 9.17) is 4.43 Å². The number of carbonyl (C=O) groups is 1. The number of aliphatic hydroxyl groups excluding tert-OH is 1. The van der Waals surface area contributed by atoms with E-state index in [-0.39, 0.29) is 22.8 Å². The van der Waals surface area contributed by atoms with Crippen LogP contribution >= 0.6 is 0 Å². The molecule has 0 aliphatic rings. The second kappa shape index (κ2) is 7.45. The summed E-state index contributed by atoms with van der Waals surface area (Å²) in [4.78, 5) is 18.9. The number of Topliss-reactive ketones (excluding diaryl/α,β-unsaturated/α-hetero) is 1. The Kier molecular flexibility index (Phi) is 7.66. The van der Waals surface area contributed by atoms with Gasteiger partial charge in [-0.05, 0) is 0 Å². The predicted octanol–water partition coefficient (Wildman–Crippen LogP) is 4.30. The molecule has 3 nitrogen and oxygen atoms in total. The summed E-state index contributed by atoms with van der Waals surface area (Å²) >= 11 is -2.14. The molecule has 0 fully saturated rings. The second-order valence-corrected chi connectivity index (χ2v) is 29.6. The molecule has 126 valence electrons. The first kappa shape index (κ1) is 21.6. The Morgan fingerprint density at radius 2 is 1.67 bits per heavy atom. The van der Waals surface area contributed by atoms with E-state index in [1.54, 1.807) is 6.92 Å².